The highest BCUT2D eigenvalue weighted by atomic mass is 35.5. The number of halogens is 1. The average molecular weight is 532 g/mol. The normalized spacial score (nSPS) is 13.4. The van der Waals surface area contributed by atoms with E-state index >= 15 is 0 Å². The van der Waals surface area contributed by atoms with Crippen LogP contribution in [0.25, 0.3) is 22.2 Å². The molecule has 38 heavy (non-hydrogen) atoms. The molecule has 0 amide bonds. The van der Waals surface area contributed by atoms with E-state index in [1.54, 1.807) is 14.2 Å². The predicted molar refractivity (Wildman–Crippen MR) is 153 cm³/mol. The molecule has 7 nitrogen and oxygen atoms in total. The van der Waals surface area contributed by atoms with Gasteiger partial charge in [-0.25, -0.2) is 0 Å². The highest BCUT2D eigenvalue weighted by Crippen LogP contribution is 2.46. The zero-order chi connectivity index (χ0) is 25.9. The smallest absolute Gasteiger partial charge is 0.212 e. The third kappa shape index (κ3) is 5.01. The van der Waals surface area contributed by atoms with E-state index in [1.165, 1.54) is 0 Å². The summed E-state index contributed by atoms with van der Waals surface area (Å²) in [5, 5.41) is 5.61. The van der Waals surface area contributed by atoms with Gasteiger partial charge in [0.25, 0.3) is 0 Å². The molecule has 1 aromatic heterocycles. The lowest BCUT2D eigenvalue weighted by molar-refractivity contribution is 0.100. The van der Waals surface area contributed by atoms with Crippen molar-refractivity contribution in [3.63, 3.8) is 0 Å². The van der Waals surface area contributed by atoms with Gasteiger partial charge in [0.15, 0.2) is 11.5 Å². The fourth-order valence-electron chi connectivity index (χ4n) is 4.49. The summed E-state index contributed by atoms with van der Waals surface area (Å²) in [7, 11) is 7.28. The lowest BCUT2D eigenvalue weighted by Crippen LogP contribution is -2.19. The van der Waals surface area contributed by atoms with Gasteiger partial charge in [-0.3, -0.25) is 0 Å². The molecular weight excluding hydrogens is 502 g/mol. The molecule has 1 aliphatic rings. The second-order valence-corrected chi connectivity index (χ2v) is 8.99. The van der Waals surface area contributed by atoms with Crippen molar-refractivity contribution in [3.05, 3.63) is 77.4 Å². The first-order chi connectivity index (χ1) is 18.0. The van der Waals surface area contributed by atoms with Gasteiger partial charge in [0.1, 0.15) is 18.1 Å². The molecule has 0 fully saturated rings. The van der Waals surface area contributed by atoms with Crippen LogP contribution in [0, 0.1) is 12.3 Å². The van der Waals surface area contributed by atoms with E-state index < -0.39 is 6.10 Å². The third-order valence-electron chi connectivity index (χ3n) is 6.37. The van der Waals surface area contributed by atoms with Crippen molar-refractivity contribution < 1.29 is 19.0 Å². The number of likely N-dealkylation sites (N-methyl/N-ethyl adjacent to an activating group) is 1. The van der Waals surface area contributed by atoms with Crippen molar-refractivity contribution in [1.29, 1.82) is 0 Å². The van der Waals surface area contributed by atoms with Gasteiger partial charge in [-0.1, -0.05) is 41.4 Å². The summed E-state index contributed by atoms with van der Waals surface area (Å²) in [6.45, 7) is 1.41. The van der Waals surface area contributed by atoms with Crippen LogP contribution in [-0.4, -0.2) is 57.1 Å². The molecule has 0 saturated carbocycles. The van der Waals surface area contributed by atoms with E-state index in [-0.39, 0.29) is 12.4 Å². The fraction of sp³-hybridized carbons (Fsp3) is 0.233. The van der Waals surface area contributed by atoms with E-state index in [4.69, 9.17) is 25.5 Å². The third-order valence-corrected chi connectivity index (χ3v) is 6.37. The Morgan fingerprint density at radius 3 is 2.34 bits per heavy atom. The van der Waals surface area contributed by atoms with Crippen LogP contribution in [-0.2, 0) is 4.84 Å². The van der Waals surface area contributed by atoms with Crippen LogP contribution in [0.15, 0.2) is 65.8 Å². The van der Waals surface area contributed by atoms with Crippen molar-refractivity contribution in [3.8, 4) is 40.8 Å². The topological polar surface area (TPSA) is 68.3 Å². The van der Waals surface area contributed by atoms with Crippen LogP contribution in [0.5, 0.6) is 17.2 Å². The lowest BCUT2D eigenvalue weighted by Gasteiger charge is -2.13. The maximum absolute atomic E-state index is 6.02. The number of terminal acetylenes is 1. The maximum Gasteiger partial charge on any atom is 0.212 e. The SMILES string of the molecule is C#C[C@@H](ON=C1c2cc(OC)c(OC)cc2-c2[nH]c3ccc(OCCN(C)C)cc3c21)c1ccccc1.Cl. The van der Waals surface area contributed by atoms with Crippen molar-refractivity contribution in [2.45, 2.75) is 6.10 Å². The summed E-state index contributed by atoms with van der Waals surface area (Å²) >= 11 is 0. The minimum absolute atomic E-state index is 0. The Labute approximate surface area is 228 Å². The van der Waals surface area contributed by atoms with Gasteiger partial charge in [-0.05, 0) is 44.4 Å². The van der Waals surface area contributed by atoms with E-state index in [9.17, 15) is 0 Å². The Hall–Kier alpha value is -4.12. The van der Waals surface area contributed by atoms with Crippen molar-refractivity contribution in [1.82, 2.24) is 9.88 Å². The first-order valence-electron chi connectivity index (χ1n) is 12.0. The van der Waals surface area contributed by atoms with Crippen LogP contribution in [0.3, 0.4) is 0 Å². The molecule has 0 radical (unpaired) electrons. The zero-order valence-electron chi connectivity index (χ0n) is 21.8. The number of hydrogen-bond donors (Lipinski definition) is 1. The van der Waals surface area contributed by atoms with Crippen molar-refractivity contribution in [2.75, 3.05) is 41.5 Å². The molecule has 0 saturated heterocycles. The molecule has 0 bridgehead atoms. The van der Waals surface area contributed by atoms with Gasteiger partial charge < -0.3 is 28.9 Å². The second kappa shape index (κ2) is 11.5. The van der Waals surface area contributed by atoms with Crippen LogP contribution in [0.2, 0.25) is 0 Å². The summed E-state index contributed by atoms with van der Waals surface area (Å²) in [6, 6.07) is 19.5. The Kier molecular flexibility index (Phi) is 8.16. The number of methoxy groups -OCH3 is 2. The summed E-state index contributed by atoms with van der Waals surface area (Å²) in [5.74, 6) is 4.72. The van der Waals surface area contributed by atoms with Crippen molar-refractivity contribution in [2.24, 2.45) is 5.16 Å². The number of aromatic nitrogens is 1. The molecule has 1 atom stereocenters. The van der Waals surface area contributed by atoms with E-state index in [0.717, 1.165) is 51.1 Å². The average Bonchev–Trinajstić information content (AvgIpc) is 3.43. The molecule has 196 valence electrons. The summed E-state index contributed by atoms with van der Waals surface area (Å²) < 4.78 is 17.2. The number of rotatable bonds is 9. The molecular formula is C30H30ClN3O4. The number of H-pyrrole nitrogens is 1. The van der Waals surface area contributed by atoms with Gasteiger partial charge >= 0.3 is 0 Å². The zero-order valence-corrected chi connectivity index (χ0v) is 22.6. The van der Waals surface area contributed by atoms with Gasteiger partial charge in [0.2, 0.25) is 6.10 Å². The van der Waals surface area contributed by atoms with Crippen LogP contribution in [0.1, 0.15) is 22.8 Å². The fourth-order valence-corrected chi connectivity index (χ4v) is 4.49. The molecule has 1 heterocycles. The summed E-state index contributed by atoms with van der Waals surface area (Å²) in [6.07, 6.45) is 5.19. The number of hydrogen-bond acceptors (Lipinski definition) is 6. The number of aromatic amines is 1. The maximum atomic E-state index is 6.02. The Morgan fingerprint density at radius 2 is 1.68 bits per heavy atom. The number of nitrogens with zero attached hydrogens (tertiary/aromatic N) is 2. The van der Waals surface area contributed by atoms with Crippen molar-refractivity contribution >= 4 is 29.0 Å². The molecule has 5 rings (SSSR count). The number of oxime groups is 1. The molecule has 4 aromatic rings. The van der Waals surface area contributed by atoms with Gasteiger partial charge in [-0.15, -0.1) is 18.8 Å². The minimum atomic E-state index is -0.628. The molecule has 3 aromatic carbocycles. The minimum Gasteiger partial charge on any atom is -0.493 e. The van der Waals surface area contributed by atoms with Crippen LogP contribution < -0.4 is 14.2 Å². The van der Waals surface area contributed by atoms with E-state index in [1.807, 2.05) is 74.8 Å². The molecule has 0 unspecified atom stereocenters. The predicted octanol–water partition coefficient (Wildman–Crippen LogP) is 5.67. The Morgan fingerprint density at radius 1 is 0.974 bits per heavy atom. The lowest BCUT2D eigenvalue weighted by atomic mass is 10.1. The molecule has 0 aliphatic heterocycles. The first-order valence-corrected chi connectivity index (χ1v) is 12.0. The largest absolute Gasteiger partial charge is 0.493 e. The second-order valence-electron chi connectivity index (χ2n) is 8.99. The van der Waals surface area contributed by atoms with Crippen LogP contribution >= 0.6 is 12.4 Å². The molecule has 0 spiro atoms. The highest BCUT2D eigenvalue weighted by Gasteiger charge is 2.32. The Bertz CT molecular complexity index is 1510. The van der Waals surface area contributed by atoms with Gasteiger partial charge in [0.05, 0.1) is 19.9 Å². The van der Waals surface area contributed by atoms with Gasteiger partial charge in [-0.2, -0.15) is 0 Å². The number of fused-ring (bicyclic) bond motifs is 5. The Balaban J connectivity index is 0.00000336. The number of benzene rings is 3. The number of ether oxygens (including phenoxy) is 3. The standard InChI is InChI=1S/C30H29N3O4.ClH/c1-6-25(19-10-8-7-9-11-19)37-32-30-22-18-27(35-5)26(34-4)17-21(22)29-28(30)23-16-20(12-13-24(23)31-29)36-15-14-33(2)3;/h1,7-13,16-18,25,31H,14-15H2,2-5H3;1H/t25-;/m1./s1. The molecule has 1 aliphatic carbocycles. The first kappa shape index (κ1) is 26.9. The highest BCUT2D eigenvalue weighted by molar-refractivity contribution is 6.30. The van der Waals surface area contributed by atoms with E-state index in [2.05, 4.69) is 21.0 Å². The quantitative estimate of drug-likeness (QED) is 0.196. The van der Waals surface area contributed by atoms with E-state index in [0.29, 0.717) is 23.8 Å². The molecule has 1 N–H and O–H groups in total. The van der Waals surface area contributed by atoms with Crippen LogP contribution in [0.4, 0.5) is 0 Å². The molecule has 8 heteroatoms. The monoisotopic (exact) mass is 531 g/mol. The van der Waals surface area contributed by atoms with Gasteiger partial charge in [0, 0.05) is 39.7 Å². The summed E-state index contributed by atoms with van der Waals surface area (Å²) in [4.78, 5) is 11.6. The number of nitrogens with one attached hydrogen (secondary N) is 1. The summed E-state index contributed by atoms with van der Waals surface area (Å²) in [5.41, 5.74) is 6.14.